The van der Waals surface area contributed by atoms with Crippen molar-refractivity contribution in [1.82, 2.24) is 21.3 Å². The predicted molar refractivity (Wildman–Crippen MR) is 131 cm³/mol. The predicted octanol–water partition coefficient (Wildman–Crippen LogP) is -1.26. The summed E-state index contributed by atoms with van der Waals surface area (Å²) in [4.78, 5) is 50.3. The van der Waals surface area contributed by atoms with Gasteiger partial charge in [-0.1, -0.05) is 12.1 Å². The number of carbonyl (C=O) groups excluding carboxylic acids is 3. The molecule has 0 bridgehead atoms. The summed E-state index contributed by atoms with van der Waals surface area (Å²) in [6.45, 7) is 2.41. The quantitative estimate of drug-likeness (QED) is 0.141. The first-order valence-electron chi connectivity index (χ1n) is 12.2. The molecule has 200 valence electrons. The average molecular weight is 508 g/mol. The lowest BCUT2D eigenvalue weighted by Crippen LogP contribution is -2.60. The molecule has 0 saturated carbocycles. The van der Waals surface area contributed by atoms with Crippen molar-refractivity contribution in [2.45, 2.75) is 75.7 Å². The number of rotatable bonds is 14. The molecule has 0 aromatic heterocycles. The number of benzene rings is 1. The van der Waals surface area contributed by atoms with Crippen molar-refractivity contribution in [1.29, 1.82) is 0 Å². The van der Waals surface area contributed by atoms with Crippen molar-refractivity contribution >= 4 is 23.7 Å². The zero-order valence-electron chi connectivity index (χ0n) is 20.4. The Labute approximate surface area is 210 Å². The van der Waals surface area contributed by atoms with Gasteiger partial charge < -0.3 is 42.3 Å². The maximum Gasteiger partial charge on any atom is 0.326 e. The van der Waals surface area contributed by atoms with Gasteiger partial charge in [-0.25, -0.2) is 4.79 Å². The molecule has 1 fully saturated rings. The van der Waals surface area contributed by atoms with E-state index in [0.717, 1.165) is 6.42 Å². The molecular formula is C24H37N5O7. The van der Waals surface area contributed by atoms with Crippen LogP contribution in [0.25, 0.3) is 0 Å². The van der Waals surface area contributed by atoms with Crippen LogP contribution in [0, 0.1) is 0 Å². The van der Waals surface area contributed by atoms with Gasteiger partial charge in [0, 0.05) is 6.42 Å². The zero-order valence-corrected chi connectivity index (χ0v) is 20.4. The summed E-state index contributed by atoms with van der Waals surface area (Å²) < 4.78 is 0. The van der Waals surface area contributed by atoms with Crippen molar-refractivity contribution in [3.63, 3.8) is 0 Å². The number of phenols is 1. The Balaban J connectivity index is 2.17. The number of carboxylic acids is 1. The van der Waals surface area contributed by atoms with E-state index in [1.165, 1.54) is 19.1 Å². The van der Waals surface area contributed by atoms with E-state index < -0.39 is 54.0 Å². The molecule has 2 rings (SSSR count). The maximum absolute atomic E-state index is 13.1. The summed E-state index contributed by atoms with van der Waals surface area (Å²) in [5, 5.41) is 39.8. The van der Waals surface area contributed by atoms with Gasteiger partial charge in [0.1, 0.15) is 23.9 Å². The van der Waals surface area contributed by atoms with Crippen LogP contribution in [-0.4, -0.2) is 82.4 Å². The van der Waals surface area contributed by atoms with Crippen LogP contribution >= 0.6 is 0 Å². The number of nitrogens with two attached hydrogens (primary N) is 1. The fourth-order valence-electron chi connectivity index (χ4n) is 3.93. The number of nitrogens with one attached hydrogen (secondary N) is 4. The number of aliphatic hydroxyl groups excluding tert-OH is 1. The van der Waals surface area contributed by atoms with Crippen LogP contribution < -0.4 is 27.0 Å². The van der Waals surface area contributed by atoms with Gasteiger partial charge in [0.05, 0.1) is 12.1 Å². The van der Waals surface area contributed by atoms with Gasteiger partial charge >= 0.3 is 5.97 Å². The van der Waals surface area contributed by atoms with Crippen LogP contribution in [0.15, 0.2) is 24.3 Å². The van der Waals surface area contributed by atoms with Crippen molar-refractivity contribution < 1.29 is 34.5 Å². The number of carbonyl (C=O) groups is 4. The van der Waals surface area contributed by atoms with Crippen molar-refractivity contribution in [2.24, 2.45) is 5.73 Å². The summed E-state index contributed by atoms with van der Waals surface area (Å²) in [7, 11) is 0. The van der Waals surface area contributed by atoms with Gasteiger partial charge in [0.15, 0.2) is 0 Å². The Hall–Kier alpha value is -3.22. The molecule has 5 atom stereocenters. The summed E-state index contributed by atoms with van der Waals surface area (Å²) in [5.41, 5.74) is 6.06. The van der Waals surface area contributed by atoms with Crippen molar-refractivity contribution in [3.8, 4) is 5.75 Å². The first kappa shape index (κ1) is 29.0. The third-order valence-corrected chi connectivity index (χ3v) is 6.01. The minimum atomic E-state index is -1.32. The molecular weight excluding hydrogens is 470 g/mol. The molecule has 12 heteroatoms. The number of hydrogen-bond donors (Lipinski definition) is 8. The van der Waals surface area contributed by atoms with Crippen LogP contribution in [0.5, 0.6) is 5.75 Å². The highest BCUT2D eigenvalue weighted by Crippen LogP contribution is 2.13. The SMILES string of the molecule is CC(O)C(NC(=O)C1CCCN1)C(=O)NC(Cc1ccc(O)cc1)C(=O)NC(CCCCN)C(=O)O. The van der Waals surface area contributed by atoms with E-state index in [-0.39, 0.29) is 18.6 Å². The number of aliphatic hydroxyl groups is 1. The number of phenolic OH excluding ortho intramolecular Hbond substituents is 1. The number of carboxylic acid groups (broad SMARTS) is 1. The number of unbranched alkanes of at least 4 members (excludes halogenated alkanes) is 1. The second-order valence-electron chi connectivity index (χ2n) is 8.99. The molecule has 1 saturated heterocycles. The van der Waals surface area contributed by atoms with Crippen LogP contribution in [-0.2, 0) is 25.6 Å². The van der Waals surface area contributed by atoms with Crippen molar-refractivity contribution in [2.75, 3.05) is 13.1 Å². The zero-order chi connectivity index (χ0) is 26.7. The number of aromatic hydroxyl groups is 1. The maximum atomic E-state index is 13.1. The third kappa shape index (κ3) is 9.10. The fourth-order valence-corrected chi connectivity index (χ4v) is 3.93. The first-order valence-corrected chi connectivity index (χ1v) is 12.2. The summed E-state index contributed by atoms with van der Waals surface area (Å²) >= 11 is 0. The molecule has 1 aromatic rings. The highest BCUT2D eigenvalue weighted by atomic mass is 16.4. The Morgan fingerprint density at radius 3 is 2.28 bits per heavy atom. The number of hydrogen-bond acceptors (Lipinski definition) is 8. The summed E-state index contributed by atoms with van der Waals surface area (Å²) in [6, 6.07) is 1.80. The molecule has 12 nitrogen and oxygen atoms in total. The molecule has 1 aromatic carbocycles. The van der Waals surface area contributed by atoms with Gasteiger partial charge in [-0.15, -0.1) is 0 Å². The molecule has 36 heavy (non-hydrogen) atoms. The Bertz CT molecular complexity index is 887. The van der Waals surface area contributed by atoms with Gasteiger partial charge in [-0.05, 0) is 69.8 Å². The molecule has 1 heterocycles. The van der Waals surface area contributed by atoms with E-state index in [1.54, 1.807) is 12.1 Å². The van der Waals surface area contributed by atoms with E-state index in [2.05, 4.69) is 21.3 Å². The molecule has 1 aliphatic heterocycles. The lowest BCUT2D eigenvalue weighted by molar-refractivity contribution is -0.142. The lowest BCUT2D eigenvalue weighted by atomic mass is 10.0. The molecule has 0 aliphatic carbocycles. The lowest BCUT2D eigenvalue weighted by Gasteiger charge is -2.26. The van der Waals surface area contributed by atoms with Gasteiger partial charge in [-0.3, -0.25) is 14.4 Å². The summed E-state index contributed by atoms with van der Waals surface area (Å²) in [5.74, 6) is -3.14. The van der Waals surface area contributed by atoms with Gasteiger partial charge in [0.25, 0.3) is 0 Å². The van der Waals surface area contributed by atoms with Crippen molar-refractivity contribution in [3.05, 3.63) is 29.8 Å². The Morgan fingerprint density at radius 2 is 1.72 bits per heavy atom. The van der Waals surface area contributed by atoms with Gasteiger partial charge in [-0.2, -0.15) is 0 Å². The van der Waals surface area contributed by atoms with Crippen LogP contribution in [0.2, 0.25) is 0 Å². The van der Waals surface area contributed by atoms with E-state index in [1.807, 2.05) is 0 Å². The topological polar surface area (TPSA) is 203 Å². The molecule has 1 aliphatic rings. The fraction of sp³-hybridized carbons (Fsp3) is 0.583. The number of aliphatic carboxylic acids is 1. The van der Waals surface area contributed by atoms with Crippen LogP contribution in [0.4, 0.5) is 0 Å². The second kappa shape index (κ2) is 14.4. The minimum Gasteiger partial charge on any atom is -0.508 e. The standard InChI is InChI=1S/C24H37N5O7/c1-14(30)20(29-21(32)17-6-4-12-26-17)23(34)28-19(13-15-7-9-16(31)10-8-15)22(33)27-18(24(35)36)5-2-3-11-25/h7-10,14,17-20,26,30-31H,2-6,11-13,25H2,1H3,(H,27,33)(H,28,34)(H,29,32)(H,35,36). The van der Waals surface area contributed by atoms with E-state index in [9.17, 15) is 34.5 Å². The minimum absolute atomic E-state index is 0.0162. The molecule has 9 N–H and O–H groups in total. The molecule has 3 amide bonds. The number of amides is 3. The van der Waals surface area contributed by atoms with Gasteiger partial charge in [0.2, 0.25) is 17.7 Å². The smallest absolute Gasteiger partial charge is 0.326 e. The summed E-state index contributed by atoms with van der Waals surface area (Å²) in [6.07, 6.45) is 1.40. The highest BCUT2D eigenvalue weighted by Gasteiger charge is 2.33. The monoisotopic (exact) mass is 507 g/mol. The highest BCUT2D eigenvalue weighted by molar-refractivity contribution is 5.94. The van der Waals surface area contributed by atoms with E-state index >= 15 is 0 Å². The normalized spacial score (nSPS) is 18.5. The second-order valence-corrected chi connectivity index (χ2v) is 8.99. The first-order chi connectivity index (χ1) is 17.1. The average Bonchev–Trinajstić information content (AvgIpc) is 3.37. The Kier molecular flexibility index (Phi) is 11.6. The third-order valence-electron chi connectivity index (χ3n) is 6.01. The molecule has 5 unspecified atom stereocenters. The Morgan fingerprint density at radius 1 is 1.06 bits per heavy atom. The van der Waals surface area contributed by atoms with Crippen LogP contribution in [0.1, 0.15) is 44.6 Å². The molecule has 0 spiro atoms. The largest absolute Gasteiger partial charge is 0.508 e. The van der Waals surface area contributed by atoms with E-state index in [0.29, 0.717) is 37.9 Å². The molecule has 0 radical (unpaired) electrons. The van der Waals surface area contributed by atoms with Crippen LogP contribution in [0.3, 0.4) is 0 Å². The van der Waals surface area contributed by atoms with E-state index in [4.69, 9.17) is 5.73 Å².